The van der Waals surface area contributed by atoms with Gasteiger partial charge in [-0.1, -0.05) is 47.2 Å². The van der Waals surface area contributed by atoms with Gasteiger partial charge in [0.2, 0.25) is 0 Å². The molecule has 1 aliphatic heterocycles. The summed E-state index contributed by atoms with van der Waals surface area (Å²) in [4.78, 5) is 32.7. The van der Waals surface area contributed by atoms with Crippen LogP contribution in [-0.4, -0.2) is 30.4 Å². The number of ether oxygens (including phenoxy) is 4. The molecule has 3 aromatic carbocycles. The summed E-state index contributed by atoms with van der Waals surface area (Å²) in [7, 11) is 1.56. The fourth-order valence-corrected chi connectivity index (χ4v) is 8.28. The number of benzene rings is 3. The van der Waals surface area contributed by atoms with E-state index >= 15 is 0 Å². The van der Waals surface area contributed by atoms with Gasteiger partial charge in [-0.2, -0.15) is 0 Å². The zero-order valence-corrected chi connectivity index (χ0v) is 31.5. The number of aryl methyl sites for hydroxylation is 1. The van der Waals surface area contributed by atoms with Gasteiger partial charge in [0, 0.05) is 0 Å². The van der Waals surface area contributed by atoms with Crippen LogP contribution in [0.1, 0.15) is 56.0 Å². The van der Waals surface area contributed by atoms with Crippen LogP contribution in [-0.2, 0) is 16.1 Å². The molecule has 46 heavy (non-hydrogen) atoms. The summed E-state index contributed by atoms with van der Waals surface area (Å²) in [6.07, 6.45) is 1.80. The van der Waals surface area contributed by atoms with Crippen molar-refractivity contribution in [3.8, 4) is 17.2 Å². The third-order valence-corrected chi connectivity index (χ3v) is 9.79. The van der Waals surface area contributed by atoms with Crippen LogP contribution in [0.4, 0.5) is 0 Å². The van der Waals surface area contributed by atoms with E-state index in [1.54, 1.807) is 37.7 Å². The summed E-state index contributed by atoms with van der Waals surface area (Å²) in [6, 6.07) is 16.9. The molecule has 11 heteroatoms. The quantitative estimate of drug-likeness (QED) is 0.131. The molecular formula is C35H34I2N2O6S. The molecule has 1 aromatic heterocycles. The van der Waals surface area contributed by atoms with Crippen LogP contribution in [0, 0.1) is 14.1 Å². The highest BCUT2D eigenvalue weighted by atomic mass is 127. The maximum Gasteiger partial charge on any atom is 0.338 e. The van der Waals surface area contributed by atoms with Crippen molar-refractivity contribution in [2.75, 3.05) is 13.7 Å². The zero-order valence-electron chi connectivity index (χ0n) is 26.4. The van der Waals surface area contributed by atoms with Crippen LogP contribution in [0.5, 0.6) is 17.2 Å². The number of halogens is 2. The Morgan fingerprint density at radius 2 is 1.74 bits per heavy atom. The van der Waals surface area contributed by atoms with Gasteiger partial charge in [-0.3, -0.25) is 9.36 Å². The molecule has 8 nitrogen and oxygen atoms in total. The van der Waals surface area contributed by atoms with Gasteiger partial charge in [-0.25, -0.2) is 9.79 Å². The topological polar surface area (TPSA) is 88.4 Å². The molecule has 0 saturated carbocycles. The number of fused-ring (bicyclic) bond motifs is 1. The second-order valence-corrected chi connectivity index (χ2v) is 14.3. The van der Waals surface area contributed by atoms with E-state index in [4.69, 9.17) is 23.9 Å². The molecule has 2 heterocycles. The largest absolute Gasteiger partial charge is 0.493 e. The first kappa shape index (κ1) is 34.2. The molecule has 0 aliphatic carbocycles. The lowest BCUT2D eigenvalue weighted by Crippen LogP contribution is -2.40. The van der Waals surface area contributed by atoms with E-state index in [1.807, 2.05) is 38.1 Å². The molecule has 0 bridgehead atoms. The molecule has 0 radical (unpaired) electrons. The average Bonchev–Trinajstić information content (AvgIpc) is 3.30. The van der Waals surface area contributed by atoms with Crippen LogP contribution in [0.3, 0.4) is 0 Å². The van der Waals surface area contributed by atoms with Crippen molar-refractivity contribution in [1.82, 2.24) is 4.57 Å². The van der Waals surface area contributed by atoms with E-state index in [1.165, 1.54) is 16.9 Å². The summed E-state index contributed by atoms with van der Waals surface area (Å²) in [5.41, 5.74) is 4.38. The first-order valence-electron chi connectivity index (χ1n) is 14.7. The lowest BCUT2D eigenvalue weighted by molar-refractivity contribution is -0.139. The molecule has 240 valence electrons. The normalized spacial score (nSPS) is 14.6. The molecule has 4 aromatic rings. The van der Waals surface area contributed by atoms with Crippen molar-refractivity contribution < 1.29 is 23.7 Å². The van der Waals surface area contributed by atoms with Crippen LogP contribution >= 0.6 is 56.5 Å². The van der Waals surface area contributed by atoms with E-state index in [9.17, 15) is 9.59 Å². The Hall–Kier alpha value is -3.17. The van der Waals surface area contributed by atoms with E-state index in [0.717, 1.165) is 24.0 Å². The lowest BCUT2D eigenvalue weighted by Gasteiger charge is -2.25. The molecular weight excluding hydrogens is 830 g/mol. The number of methoxy groups -OCH3 is 1. The molecule has 0 amide bonds. The second kappa shape index (κ2) is 14.7. The van der Waals surface area contributed by atoms with Crippen molar-refractivity contribution in [1.29, 1.82) is 0 Å². The van der Waals surface area contributed by atoms with E-state index in [-0.39, 0.29) is 18.3 Å². The third-order valence-electron chi connectivity index (χ3n) is 7.21. The minimum absolute atomic E-state index is 0.0606. The highest BCUT2D eigenvalue weighted by Crippen LogP contribution is 2.37. The van der Waals surface area contributed by atoms with E-state index < -0.39 is 12.0 Å². The number of aromatic nitrogens is 1. The van der Waals surface area contributed by atoms with E-state index in [2.05, 4.69) is 76.4 Å². The van der Waals surface area contributed by atoms with Gasteiger partial charge in [0.05, 0.1) is 48.8 Å². The molecule has 5 rings (SSSR count). The molecule has 1 aliphatic rings. The van der Waals surface area contributed by atoms with Crippen LogP contribution < -0.4 is 29.1 Å². The first-order chi connectivity index (χ1) is 22.0. The number of allylic oxidation sites excluding steroid dienone is 1. The van der Waals surface area contributed by atoms with Gasteiger partial charge in [-0.05, 0) is 127 Å². The molecule has 0 spiro atoms. The molecule has 0 fully saturated rings. The predicted octanol–water partition coefficient (Wildman–Crippen LogP) is 6.69. The standard InChI is InChI=1S/C35H34I2N2O6S/c1-7-43-34(41)30-21(5)38-35-39(31(30)24-12-13-27(45-19(2)3)28(17-24)42-6)33(40)29(46-35)16-23-14-25(36)32(26(37)15-23)44-18-22-10-8-20(4)9-11-22/h8-17,19,31H,7,18H2,1-6H3/b29-16-/t31-/m0/s1. The third kappa shape index (κ3) is 7.36. The second-order valence-electron chi connectivity index (χ2n) is 11.0. The number of carbonyl (C=O) groups is 1. The Balaban J connectivity index is 1.57. The maximum absolute atomic E-state index is 14.1. The SMILES string of the molecule is CCOC(=O)C1=C(C)N=c2s/c(=C\c3cc(I)c(OCc4ccc(C)cc4)c(I)c3)c(=O)n2[C@H]1c1ccc(OC(C)C)c(OC)c1. The zero-order chi connectivity index (χ0) is 33.1. The summed E-state index contributed by atoms with van der Waals surface area (Å²) in [5, 5.41) is 0. The number of rotatable bonds is 10. The van der Waals surface area contributed by atoms with Crippen molar-refractivity contribution in [2.24, 2.45) is 4.99 Å². The monoisotopic (exact) mass is 864 g/mol. The maximum atomic E-state index is 14.1. The summed E-state index contributed by atoms with van der Waals surface area (Å²) in [6.45, 7) is 10.1. The Kier molecular flexibility index (Phi) is 10.9. The van der Waals surface area contributed by atoms with Crippen LogP contribution in [0.2, 0.25) is 0 Å². The molecule has 0 unspecified atom stereocenters. The summed E-state index contributed by atoms with van der Waals surface area (Å²) in [5.74, 6) is 1.35. The smallest absolute Gasteiger partial charge is 0.338 e. The van der Waals surface area contributed by atoms with Crippen molar-refractivity contribution in [3.63, 3.8) is 0 Å². The van der Waals surface area contributed by atoms with Crippen molar-refractivity contribution in [3.05, 3.63) is 115 Å². The van der Waals surface area contributed by atoms with Crippen molar-refractivity contribution >= 4 is 68.6 Å². The van der Waals surface area contributed by atoms with Gasteiger partial charge in [0.25, 0.3) is 5.56 Å². The average molecular weight is 865 g/mol. The number of hydrogen-bond acceptors (Lipinski definition) is 8. The van der Waals surface area contributed by atoms with Gasteiger partial charge in [-0.15, -0.1) is 0 Å². The lowest BCUT2D eigenvalue weighted by atomic mass is 9.95. The van der Waals surface area contributed by atoms with Crippen LogP contribution in [0.25, 0.3) is 6.08 Å². The van der Waals surface area contributed by atoms with Crippen molar-refractivity contribution in [2.45, 2.75) is 53.4 Å². The number of esters is 1. The fraction of sp³-hybridized carbons (Fsp3) is 0.286. The molecule has 0 N–H and O–H groups in total. The molecule has 1 atom stereocenters. The first-order valence-corrected chi connectivity index (χ1v) is 17.7. The number of nitrogens with zero attached hydrogens (tertiary/aromatic N) is 2. The molecule has 0 saturated heterocycles. The fourth-order valence-electron chi connectivity index (χ4n) is 5.10. The van der Waals surface area contributed by atoms with Gasteiger partial charge < -0.3 is 18.9 Å². The summed E-state index contributed by atoms with van der Waals surface area (Å²) >= 11 is 5.82. The highest BCUT2D eigenvalue weighted by Gasteiger charge is 2.34. The number of carbonyl (C=O) groups excluding carboxylic acids is 1. The van der Waals surface area contributed by atoms with E-state index in [0.29, 0.717) is 44.3 Å². The Labute approximate surface area is 299 Å². The number of hydrogen-bond donors (Lipinski definition) is 0. The predicted molar refractivity (Wildman–Crippen MR) is 197 cm³/mol. The minimum Gasteiger partial charge on any atom is -0.493 e. The van der Waals surface area contributed by atoms with Crippen LogP contribution in [0.15, 0.2) is 75.7 Å². The summed E-state index contributed by atoms with van der Waals surface area (Å²) < 4.78 is 27.1. The Morgan fingerprint density at radius 1 is 1.04 bits per heavy atom. The Bertz CT molecular complexity index is 1970. The van der Waals surface area contributed by atoms with Gasteiger partial charge >= 0.3 is 5.97 Å². The number of thiazole rings is 1. The van der Waals surface area contributed by atoms with Gasteiger partial charge in [0.1, 0.15) is 12.4 Å². The highest BCUT2D eigenvalue weighted by molar-refractivity contribution is 14.1. The van der Waals surface area contributed by atoms with Gasteiger partial charge in [0.15, 0.2) is 16.3 Å². The minimum atomic E-state index is -0.766. The Morgan fingerprint density at radius 3 is 2.37 bits per heavy atom.